The molecule has 0 aliphatic carbocycles. The van der Waals surface area contributed by atoms with Gasteiger partial charge < -0.3 is 4.74 Å². The van der Waals surface area contributed by atoms with E-state index in [2.05, 4.69) is 6.07 Å². The van der Waals surface area contributed by atoms with E-state index < -0.39 is 0 Å². The Morgan fingerprint density at radius 2 is 1.57 bits per heavy atom. The molecule has 0 radical (unpaired) electrons. The van der Waals surface area contributed by atoms with E-state index >= 15 is 0 Å². The van der Waals surface area contributed by atoms with Gasteiger partial charge in [0.05, 0.1) is 30.2 Å². The van der Waals surface area contributed by atoms with Gasteiger partial charge in [0, 0.05) is 0 Å². The molecule has 0 bridgehead atoms. The average Bonchev–Trinajstić information content (AvgIpc) is 2.82. The highest BCUT2D eigenvalue weighted by Crippen LogP contribution is 2.22. The average molecular weight is 306 g/mol. The van der Waals surface area contributed by atoms with Crippen LogP contribution in [0.4, 0.5) is 0 Å². The zero-order valence-corrected chi connectivity index (χ0v) is 12.4. The number of carbonyl (C=O) groups excluding carboxylic acids is 2. The number of ether oxygens (including phenoxy) is 1. The molecule has 1 heterocycles. The number of hydrogen-bond acceptors (Lipinski definition) is 4. The molecule has 0 fully saturated rings. The van der Waals surface area contributed by atoms with Crippen molar-refractivity contribution in [2.24, 2.45) is 0 Å². The van der Waals surface area contributed by atoms with Gasteiger partial charge in [0.15, 0.2) is 0 Å². The number of rotatable bonds is 5. The van der Waals surface area contributed by atoms with Crippen LogP contribution in [0.1, 0.15) is 26.3 Å². The van der Waals surface area contributed by atoms with Crippen molar-refractivity contribution in [3.8, 4) is 11.8 Å². The number of nitriles is 1. The summed E-state index contributed by atoms with van der Waals surface area (Å²) in [6, 6.07) is 16.1. The van der Waals surface area contributed by atoms with E-state index in [4.69, 9.17) is 10.00 Å². The van der Waals surface area contributed by atoms with Gasteiger partial charge in [-0.3, -0.25) is 14.5 Å². The molecule has 114 valence electrons. The third kappa shape index (κ3) is 2.92. The third-order valence-corrected chi connectivity index (χ3v) is 3.67. The minimum atomic E-state index is -0.279. The summed E-state index contributed by atoms with van der Waals surface area (Å²) in [6.45, 7) is 0.426. The molecule has 0 N–H and O–H groups in total. The number of nitrogens with zero attached hydrogens (tertiary/aromatic N) is 2. The fourth-order valence-electron chi connectivity index (χ4n) is 2.49. The van der Waals surface area contributed by atoms with Crippen LogP contribution in [0.3, 0.4) is 0 Å². The highest BCUT2D eigenvalue weighted by Gasteiger charge is 2.34. The molecule has 2 amide bonds. The molecular weight excluding hydrogens is 292 g/mol. The molecule has 0 saturated heterocycles. The summed E-state index contributed by atoms with van der Waals surface area (Å²) in [7, 11) is 0. The van der Waals surface area contributed by atoms with Crippen molar-refractivity contribution in [1.82, 2.24) is 4.90 Å². The summed E-state index contributed by atoms with van der Waals surface area (Å²) in [5.74, 6) is 0.0837. The zero-order chi connectivity index (χ0) is 16.2. The molecule has 5 nitrogen and oxygen atoms in total. The second-order valence-electron chi connectivity index (χ2n) is 5.13. The fraction of sp³-hybridized carbons (Fsp3) is 0.167. The minimum Gasteiger partial charge on any atom is -0.492 e. The summed E-state index contributed by atoms with van der Waals surface area (Å²) in [4.78, 5) is 25.6. The van der Waals surface area contributed by atoms with Gasteiger partial charge >= 0.3 is 0 Å². The van der Waals surface area contributed by atoms with Gasteiger partial charge in [0.25, 0.3) is 11.8 Å². The Bertz CT molecular complexity index is 756. The molecule has 0 aromatic heterocycles. The van der Waals surface area contributed by atoms with E-state index in [1.165, 1.54) is 4.90 Å². The third-order valence-electron chi connectivity index (χ3n) is 3.67. The summed E-state index contributed by atoms with van der Waals surface area (Å²) in [6.07, 6.45) is 0.356. The molecular formula is C18H14N2O3. The van der Waals surface area contributed by atoms with Crippen molar-refractivity contribution >= 4 is 11.8 Å². The smallest absolute Gasteiger partial charge is 0.261 e. The summed E-state index contributed by atoms with van der Waals surface area (Å²) in [5.41, 5.74) is 1.80. The van der Waals surface area contributed by atoms with Crippen LogP contribution in [0.5, 0.6) is 5.75 Å². The molecule has 1 aliphatic rings. The lowest BCUT2D eigenvalue weighted by Gasteiger charge is -2.14. The van der Waals surface area contributed by atoms with Crippen molar-refractivity contribution in [1.29, 1.82) is 5.26 Å². The van der Waals surface area contributed by atoms with Crippen molar-refractivity contribution < 1.29 is 14.3 Å². The number of carbonyl (C=O) groups is 2. The zero-order valence-electron chi connectivity index (χ0n) is 12.4. The van der Waals surface area contributed by atoms with E-state index in [-0.39, 0.29) is 25.0 Å². The molecule has 0 atom stereocenters. The van der Waals surface area contributed by atoms with Gasteiger partial charge in [-0.1, -0.05) is 24.3 Å². The molecule has 3 rings (SSSR count). The highest BCUT2D eigenvalue weighted by atomic mass is 16.5. The first-order valence-electron chi connectivity index (χ1n) is 7.24. The van der Waals surface area contributed by atoms with Crippen LogP contribution in [-0.4, -0.2) is 29.9 Å². The monoisotopic (exact) mass is 306 g/mol. The first-order valence-corrected chi connectivity index (χ1v) is 7.24. The SMILES string of the molecule is N#CCc1ccc(OCCN2C(=O)c3ccccc3C2=O)cc1. The van der Waals surface area contributed by atoms with E-state index in [9.17, 15) is 9.59 Å². The van der Waals surface area contributed by atoms with Crippen molar-refractivity contribution in [3.63, 3.8) is 0 Å². The molecule has 5 heteroatoms. The number of fused-ring (bicyclic) bond motifs is 1. The maximum atomic E-state index is 12.2. The molecule has 0 saturated carbocycles. The fourth-order valence-corrected chi connectivity index (χ4v) is 2.49. The Kier molecular flexibility index (Phi) is 4.07. The van der Waals surface area contributed by atoms with Crippen LogP contribution in [0, 0.1) is 11.3 Å². The number of benzene rings is 2. The Balaban J connectivity index is 1.59. The van der Waals surface area contributed by atoms with Crippen LogP contribution < -0.4 is 4.74 Å². The second kappa shape index (κ2) is 6.32. The Hall–Kier alpha value is -3.13. The van der Waals surface area contributed by atoms with Crippen LogP contribution in [0.2, 0.25) is 0 Å². The molecule has 1 aliphatic heterocycles. The molecule has 0 spiro atoms. The highest BCUT2D eigenvalue weighted by molar-refractivity contribution is 6.21. The first kappa shape index (κ1) is 14.8. The summed E-state index contributed by atoms with van der Waals surface area (Å²) in [5, 5.41) is 8.63. The van der Waals surface area contributed by atoms with Crippen LogP contribution >= 0.6 is 0 Å². The Morgan fingerprint density at radius 1 is 0.957 bits per heavy atom. The maximum Gasteiger partial charge on any atom is 0.261 e. The number of imide groups is 1. The molecule has 23 heavy (non-hydrogen) atoms. The standard InChI is InChI=1S/C18H14N2O3/c19-10-9-13-5-7-14(8-6-13)23-12-11-20-17(21)15-3-1-2-4-16(15)18(20)22/h1-8H,9,11-12H2. The molecule has 2 aromatic carbocycles. The maximum absolute atomic E-state index is 12.2. The van der Waals surface area contributed by atoms with Gasteiger partial charge in [0.1, 0.15) is 12.4 Å². The van der Waals surface area contributed by atoms with E-state index in [0.717, 1.165) is 5.56 Å². The molecule has 0 unspecified atom stereocenters. The van der Waals surface area contributed by atoms with E-state index in [1.807, 2.05) is 12.1 Å². The predicted octanol–water partition coefficient (Wildman–Crippen LogP) is 2.43. The quantitative estimate of drug-likeness (QED) is 0.795. The lowest BCUT2D eigenvalue weighted by molar-refractivity contribution is 0.0631. The number of amides is 2. The van der Waals surface area contributed by atoms with Crippen LogP contribution in [0.25, 0.3) is 0 Å². The van der Waals surface area contributed by atoms with Crippen molar-refractivity contribution in [2.75, 3.05) is 13.2 Å². The topological polar surface area (TPSA) is 70.4 Å². The normalized spacial score (nSPS) is 12.9. The second-order valence-corrected chi connectivity index (χ2v) is 5.13. The lowest BCUT2D eigenvalue weighted by atomic mass is 10.1. The predicted molar refractivity (Wildman–Crippen MR) is 83.1 cm³/mol. The van der Waals surface area contributed by atoms with Gasteiger partial charge in [-0.2, -0.15) is 5.26 Å². The van der Waals surface area contributed by atoms with Gasteiger partial charge in [-0.25, -0.2) is 0 Å². The Labute approximate surface area is 133 Å². The van der Waals surface area contributed by atoms with E-state index in [1.54, 1.807) is 36.4 Å². The number of hydrogen-bond donors (Lipinski definition) is 0. The van der Waals surface area contributed by atoms with Gasteiger partial charge in [-0.05, 0) is 29.8 Å². The van der Waals surface area contributed by atoms with Crippen LogP contribution in [0.15, 0.2) is 48.5 Å². The summed E-state index contributed by atoms with van der Waals surface area (Å²) < 4.78 is 5.57. The lowest BCUT2D eigenvalue weighted by Crippen LogP contribution is -2.33. The van der Waals surface area contributed by atoms with Gasteiger partial charge in [-0.15, -0.1) is 0 Å². The van der Waals surface area contributed by atoms with Crippen LogP contribution in [-0.2, 0) is 6.42 Å². The van der Waals surface area contributed by atoms with Crippen molar-refractivity contribution in [3.05, 3.63) is 65.2 Å². The van der Waals surface area contributed by atoms with E-state index in [0.29, 0.717) is 23.3 Å². The largest absolute Gasteiger partial charge is 0.492 e. The molecule has 2 aromatic rings. The van der Waals surface area contributed by atoms with Gasteiger partial charge in [0.2, 0.25) is 0 Å². The summed E-state index contributed by atoms with van der Waals surface area (Å²) >= 11 is 0. The first-order chi connectivity index (χ1) is 11.2. The minimum absolute atomic E-state index is 0.201. The Morgan fingerprint density at radius 3 is 2.13 bits per heavy atom. The van der Waals surface area contributed by atoms with Crippen molar-refractivity contribution in [2.45, 2.75) is 6.42 Å².